The van der Waals surface area contributed by atoms with Crippen LogP contribution < -0.4 is 19.7 Å². The number of nitrogens with one attached hydrogen (secondary N) is 1. The van der Waals surface area contributed by atoms with Crippen LogP contribution in [0.15, 0.2) is 35.9 Å². The number of amides is 4. The van der Waals surface area contributed by atoms with Gasteiger partial charge in [0, 0.05) is 0 Å². The third kappa shape index (κ3) is 4.26. The van der Waals surface area contributed by atoms with Crippen LogP contribution in [0.25, 0.3) is 6.08 Å². The highest BCUT2D eigenvalue weighted by molar-refractivity contribution is 14.1. The van der Waals surface area contributed by atoms with Gasteiger partial charge >= 0.3 is 6.03 Å². The first-order valence-corrected chi connectivity index (χ1v) is 10.5. The van der Waals surface area contributed by atoms with Crippen LogP contribution in [0.1, 0.15) is 12.5 Å². The minimum atomic E-state index is -0.912. The second kappa shape index (κ2) is 9.23. The number of hydrogen-bond donors (Lipinski definition) is 1. The predicted octanol–water partition coefficient (Wildman–Crippen LogP) is 4.67. The van der Waals surface area contributed by atoms with Crippen molar-refractivity contribution in [3.05, 3.63) is 55.1 Å². The molecule has 1 saturated heterocycles. The van der Waals surface area contributed by atoms with Gasteiger partial charge in [-0.25, -0.2) is 9.69 Å². The average Bonchev–Trinajstić information content (AvgIpc) is 2.70. The number of anilines is 1. The Morgan fingerprint density at radius 1 is 1.20 bits per heavy atom. The van der Waals surface area contributed by atoms with Gasteiger partial charge in [-0.1, -0.05) is 29.3 Å². The predicted molar refractivity (Wildman–Crippen MR) is 122 cm³/mol. The molecule has 1 N–H and O–H groups in total. The number of carbonyl (C=O) groups excluding carboxylic acids is 3. The van der Waals surface area contributed by atoms with E-state index >= 15 is 0 Å². The van der Waals surface area contributed by atoms with Crippen LogP contribution in [-0.4, -0.2) is 31.6 Å². The fourth-order valence-corrected chi connectivity index (χ4v) is 3.98. The van der Waals surface area contributed by atoms with Gasteiger partial charge in [0.05, 0.1) is 33.0 Å². The molecule has 2 aromatic rings. The summed E-state index contributed by atoms with van der Waals surface area (Å²) < 4.78 is 11.7. The van der Waals surface area contributed by atoms with E-state index in [9.17, 15) is 14.4 Å². The number of urea groups is 1. The number of barbiturate groups is 1. The molecule has 0 bridgehead atoms. The molecule has 0 radical (unpaired) electrons. The molecule has 0 aliphatic carbocycles. The van der Waals surface area contributed by atoms with Crippen LogP contribution >= 0.6 is 45.8 Å². The minimum absolute atomic E-state index is 0.0219. The van der Waals surface area contributed by atoms with Crippen molar-refractivity contribution in [3.8, 4) is 11.5 Å². The Hall–Kier alpha value is -2.30. The van der Waals surface area contributed by atoms with E-state index in [-0.39, 0.29) is 21.3 Å². The Morgan fingerprint density at radius 2 is 1.93 bits per heavy atom. The molecule has 2 aromatic carbocycles. The Balaban J connectivity index is 2.07. The van der Waals surface area contributed by atoms with Crippen LogP contribution in [0.2, 0.25) is 10.0 Å². The maximum atomic E-state index is 13.0. The van der Waals surface area contributed by atoms with Crippen molar-refractivity contribution in [2.45, 2.75) is 6.92 Å². The first-order chi connectivity index (χ1) is 14.3. The lowest BCUT2D eigenvalue weighted by molar-refractivity contribution is -0.122. The lowest BCUT2D eigenvalue weighted by Gasteiger charge is -2.27. The highest BCUT2D eigenvalue weighted by Gasteiger charge is 2.38. The Kier molecular flexibility index (Phi) is 6.89. The normalized spacial score (nSPS) is 15.4. The molecule has 0 atom stereocenters. The summed E-state index contributed by atoms with van der Waals surface area (Å²) in [4.78, 5) is 38.6. The summed E-state index contributed by atoms with van der Waals surface area (Å²) in [5, 5.41) is 2.34. The number of rotatable bonds is 5. The zero-order valence-electron chi connectivity index (χ0n) is 15.8. The molecule has 30 heavy (non-hydrogen) atoms. The van der Waals surface area contributed by atoms with Gasteiger partial charge in [-0.3, -0.25) is 14.9 Å². The van der Waals surface area contributed by atoms with E-state index in [2.05, 4.69) is 27.9 Å². The number of ether oxygens (including phenoxy) is 2. The molecule has 10 heteroatoms. The largest absolute Gasteiger partial charge is 0.493 e. The van der Waals surface area contributed by atoms with Crippen LogP contribution in [0.3, 0.4) is 0 Å². The van der Waals surface area contributed by atoms with E-state index < -0.39 is 17.8 Å². The van der Waals surface area contributed by atoms with E-state index in [0.717, 1.165) is 8.47 Å². The van der Waals surface area contributed by atoms with Crippen molar-refractivity contribution in [1.82, 2.24) is 5.32 Å². The van der Waals surface area contributed by atoms with Crippen LogP contribution in [0, 0.1) is 3.57 Å². The van der Waals surface area contributed by atoms with E-state index in [0.29, 0.717) is 23.7 Å². The minimum Gasteiger partial charge on any atom is -0.493 e. The Labute approximate surface area is 196 Å². The second-order valence-corrected chi connectivity index (χ2v) is 7.95. The van der Waals surface area contributed by atoms with Gasteiger partial charge in [0.1, 0.15) is 5.57 Å². The van der Waals surface area contributed by atoms with Gasteiger partial charge in [-0.15, -0.1) is 0 Å². The van der Waals surface area contributed by atoms with Gasteiger partial charge in [0.15, 0.2) is 11.5 Å². The number of halogens is 3. The summed E-state index contributed by atoms with van der Waals surface area (Å²) in [6, 6.07) is 6.98. The SMILES string of the molecule is CCOc1c(I)cc(/C=C2/C(=O)NC(=O)N(c3cccc(Cl)c3Cl)C2=O)cc1OC. The molecule has 1 fully saturated rings. The van der Waals surface area contributed by atoms with Crippen molar-refractivity contribution in [1.29, 1.82) is 0 Å². The number of methoxy groups -OCH3 is 1. The number of benzene rings is 2. The molecular weight excluding hydrogens is 546 g/mol. The lowest BCUT2D eigenvalue weighted by atomic mass is 10.1. The molecule has 0 saturated carbocycles. The first kappa shape index (κ1) is 22.4. The van der Waals surface area contributed by atoms with Crippen LogP contribution in [0.5, 0.6) is 11.5 Å². The summed E-state index contributed by atoms with van der Waals surface area (Å²) in [7, 11) is 1.49. The summed E-state index contributed by atoms with van der Waals surface area (Å²) >= 11 is 14.2. The zero-order valence-corrected chi connectivity index (χ0v) is 19.5. The average molecular weight is 561 g/mol. The van der Waals surface area contributed by atoms with Gasteiger partial charge in [-0.05, 0) is 65.4 Å². The summed E-state index contributed by atoms with van der Waals surface area (Å²) in [6.45, 7) is 2.30. The van der Waals surface area contributed by atoms with E-state index in [1.807, 2.05) is 6.92 Å². The maximum absolute atomic E-state index is 13.0. The summed E-state index contributed by atoms with van der Waals surface area (Å²) in [6.07, 6.45) is 1.37. The number of nitrogens with zero attached hydrogens (tertiary/aromatic N) is 1. The molecule has 3 rings (SSSR count). The molecule has 0 spiro atoms. The highest BCUT2D eigenvalue weighted by Crippen LogP contribution is 2.36. The summed E-state index contributed by atoms with van der Waals surface area (Å²) in [5.41, 5.74) is 0.348. The van der Waals surface area contributed by atoms with E-state index in [1.54, 1.807) is 18.2 Å². The van der Waals surface area contributed by atoms with Crippen LogP contribution in [-0.2, 0) is 9.59 Å². The lowest BCUT2D eigenvalue weighted by Crippen LogP contribution is -2.54. The molecular formula is C20H15Cl2IN2O5. The van der Waals surface area contributed by atoms with Crippen molar-refractivity contribution >= 4 is 75.4 Å². The highest BCUT2D eigenvalue weighted by atomic mass is 127. The fourth-order valence-electron chi connectivity index (χ4n) is 2.82. The first-order valence-electron chi connectivity index (χ1n) is 8.64. The monoisotopic (exact) mass is 560 g/mol. The van der Waals surface area contributed by atoms with Crippen molar-refractivity contribution in [2.24, 2.45) is 0 Å². The zero-order chi connectivity index (χ0) is 22.0. The van der Waals surface area contributed by atoms with Crippen molar-refractivity contribution in [2.75, 3.05) is 18.6 Å². The third-order valence-electron chi connectivity index (χ3n) is 4.13. The Morgan fingerprint density at radius 3 is 2.60 bits per heavy atom. The molecule has 0 aromatic heterocycles. The van der Waals surface area contributed by atoms with E-state index in [1.165, 1.54) is 25.3 Å². The van der Waals surface area contributed by atoms with Crippen molar-refractivity contribution in [3.63, 3.8) is 0 Å². The molecule has 4 amide bonds. The molecule has 156 valence electrons. The number of carbonyl (C=O) groups is 3. The van der Waals surface area contributed by atoms with Gasteiger partial charge in [-0.2, -0.15) is 0 Å². The standard InChI is InChI=1S/C20H15Cl2IN2O5/c1-3-30-17-13(23)8-10(9-15(17)29-2)7-11-18(26)24-20(28)25(19(11)27)14-6-4-5-12(21)16(14)22/h4-9H,3H2,1-2H3,(H,24,26,28)/b11-7-. The van der Waals surface area contributed by atoms with E-state index in [4.69, 9.17) is 32.7 Å². The van der Waals surface area contributed by atoms with Gasteiger partial charge in [0.25, 0.3) is 11.8 Å². The molecule has 0 unspecified atom stereocenters. The molecule has 7 nitrogen and oxygen atoms in total. The molecule has 1 aliphatic rings. The van der Waals surface area contributed by atoms with Crippen molar-refractivity contribution < 1.29 is 23.9 Å². The number of imide groups is 2. The second-order valence-electron chi connectivity index (χ2n) is 6.00. The topological polar surface area (TPSA) is 84.9 Å². The molecule has 1 heterocycles. The van der Waals surface area contributed by atoms with Crippen LogP contribution in [0.4, 0.5) is 10.5 Å². The summed E-state index contributed by atoms with van der Waals surface area (Å²) in [5.74, 6) is -0.632. The maximum Gasteiger partial charge on any atom is 0.336 e. The molecule has 1 aliphatic heterocycles. The smallest absolute Gasteiger partial charge is 0.336 e. The number of hydrogen-bond acceptors (Lipinski definition) is 5. The van der Waals surface area contributed by atoms with Gasteiger partial charge < -0.3 is 9.47 Å². The quantitative estimate of drug-likeness (QED) is 0.326. The third-order valence-corrected chi connectivity index (χ3v) is 5.74. The van der Waals surface area contributed by atoms with Gasteiger partial charge in [0.2, 0.25) is 0 Å². The fraction of sp³-hybridized carbons (Fsp3) is 0.150. The Bertz CT molecular complexity index is 1090.